The molecule has 0 spiro atoms. The van der Waals surface area contributed by atoms with Crippen LogP contribution in [0.2, 0.25) is 0 Å². The quantitative estimate of drug-likeness (QED) is 0.464. The fourth-order valence-electron chi connectivity index (χ4n) is 0.773. The van der Waals surface area contributed by atoms with E-state index in [1.54, 1.807) is 0 Å². The van der Waals surface area contributed by atoms with Crippen LogP contribution in [0.25, 0.3) is 0 Å². The van der Waals surface area contributed by atoms with E-state index in [1.807, 2.05) is 0 Å². The second-order valence-electron chi connectivity index (χ2n) is 2.48. The second kappa shape index (κ2) is 6.79. The van der Waals surface area contributed by atoms with E-state index in [0.717, 1.165) is 0 Å². The van der Waals surface area contributed by atoms with Crippen LogP contribution in [0.1, 0.15) is 25.7 Å². The van der Waals surface area contributed by atoms with Gasteiger partial charge in [0, 0.05) is 12.8 Å². The molecule has 0 unspecified atom stereocenters. The van der Waals surface area contributed by atoms with Crippen LogP contribution in [-0.4, -0.2) is 30.6 Å². The van der Waals surface area contributed by atoms with Crippen molar-refractivity contribution in [2.45, 2.75) is 25.7 Å². The summed E-state index contributed by atoms with van der Waals surface area (Å²) in [7, 11) is 1.33. The van der Waals surface area contributed by atoms with Gasteiger partial charge in [-0.2, -0.15) is 0 Å². The summed E-state index contributed by atoms with van der Waals surface area (Å²) in [6, 6.07) is 0. The van der Waals surface area contributed by atoms with E-state index < -0.39 is 6.61 Å². The van der Waals surface area contributed by atoms with Gasteiger partial charge in [-0.25, -0.2) is 0 Å². The lowest BCUT2D eigenvalue weighted by molar-refractivity contribution is -0.140. The van der Waals surface area contributed by atoms with Gasteiger partial charge in [-0.1, -0.05) is 0 Å². The van der Waals surface area contributed by atoms with E-state index in [4.69, 9.17) is 5.11 Å². The highest BCUT2D eigenvalue weighted by atomic mass is 16.5. The van der Waals surface area contributed by atoms with Gasteiger partial charge in [-0.05, 0) is 12.8 Å². The summed E-state index contributed by atoms with van der Waals surface area (Å²) in [6.45, 7) is -0.405. The molecule has 4 nitrogen and oxygen atoms in total. The maximum Gasteiger partial charge on any atom is 0.305 e. The van der Waals surface area contributed by atoms with Crippen molar-refractivity contribution in [2.75, 3.05) is 13.7 Å². The minimum atomic E-state index is -0.405. The first kappa shape index (κ1) is 11.1. The number of aliphatic hydroxyl groups excluding tert-OH is 1. The van der Waals surface area contributed by atoms with Crippen molar-refractivity contribution < 1.29 is 19.4 Å². The Morgan fingerprint density at radius 3 is 2.33 bits per heavy atom. The van der Waals surface area contributed by atoms with Gasteiger partial charge >= 0.3 is 5.97 Å². The van der Waals surface area contributed by atoms with Gasteiger partial charge in [0.2, 0.25) is 0 Å². The molecule has 0 radical (unpaired) electrons. The molecule has 0 aromatic rings. The molecule has 0 aromatic carbocycles. The van der Waals surface area contributed by atoms with Crippen LogP contribution >= 0.6 is 0 Å². The monoisotopic (exact) mass is 174 g/mol. The highest BCUT2D eigenvalue weighted by Crippen LogP contribution is 2.01. The van der Waals surface area contributed by atoms with Crippen molar-refractivity contribution >= 4 is 11.8 Å². The van der Waals surface area contributed by atoms with Crippen molar-refractivity contribution in [1.82, 2.24) is 0 Å². The van der Waals surface area contributed by atoms with Crippen LogP contribution in [-0.2, 0) is 14.3 Å². The van der Waals surface area contributed by atoms with Gasteiger partial charge in [0.05, 0.1) is 7.11 Å². The van der Waals surface area contributed by atoms with Gasteiger partial charge in [0.25, 0.3) is 0 Å². The zero-order valence-corrected chi connectivity index (χ0v) is 7.21. The summed E-state index contributed by atoms with van der Waals surface area (Å²) in [4.78, 5) is 21.1. The third kappa shape index (κ3) is 5.85. The lowest BCUT2D eigenvalue weighted by Gasteiger charge is -1.98. The molecule has 0 saturated heterocycles. The van der Waals surface area contributed by atoms with Gasteiger partial charge in [-0.15, -0.1) is 0 Å². The molecule has 0 rings (SSSR count). The number of carbonyl (C=O) groups excluding carboxylic acids is 2. The molecule has 0 aliphatic heterocycles. The predicted molar refractivity (Wildman–Crippen MR) is 42.6 cm³/mol. The van der Waals surface area contributed by atoms with E-state index in [2.05, 4.69) is 4.74 Å². The Labute approximate surface area is 71.5 Å². The Kier molecular flexibility index (Phi) is 6.28. The van der Waals surface area contributed by atoms with Crippen LogP contribution in [0.3, 0.4) is 0 Å². The van der Waals surface area contributed by atoms with Gasteiger partial charge in [0.15, 0.2) is 5.78 Å². The third-order valence-electron chi connectivity index (χ3n) is 1.49. The number of aliphatic hydroxyl groups is 1. The highest BCUT2D eigenvalue weighted by Gasteiger charge is 2.02. The molecular formula is C8H14O4. The Bertz CT molecular complexity index is 135. The summed E-state index contributed by atoms with van der Waals surface area (Å²) in [5, 5.41) is 8.35. The molecule has 0 atom stereocenters. The number of Topliss-reactive ketones (excluding diaryl/α,β-unsaturated/α-hetero) is 1. The molecule has 1 N–H and O–H groups in total. The highest BCUT2D eigenvalue weighted by molar-refractivity contribution is 5.79. The second-order valence-corrected chi connectivity index (χ2v) is 2.48. The fourth-order valence-corrected chi connectivity index (χ4v) is 0.773. The Balaban J connectivity index is 3.21. The van der Waals surface area contributed by atoms with E-state index in [1.165, 1.54) is 7.11 Å². The van der Waals surface area contributed by atoms with Crippen molar-refractivity contribution in [3.05, 3.63) is 0 Å². The van der Waals surface area contributed by atoms with Crippen LogP contribution in [0, 0.1) is 0 Å². The number of hydrogen-bond donors (Lipinski definition) is 1. The maximum atomic E-state index is 10.6. The number of ether oxygens (including phenoxy) is 1. The molecule has 0 fully saturated rings. The predicted octanol–water partition coefficient (Wildman–Crippen LogP) is 0.281. The number of hydrogen-bond acceptors (Lipinski definition) is 4. The van der Waals surface area contributed by atoms with E-state index in [-0.39, 0.29) is 11.8 Å². The Hall–Kier alpha value is -0.900. The van der Waals surface area contributed by atoms with Crippen molar-refractivity contribution in [3.63, 3.8) is 0 Å². The SMILES string of the molecule is COC(=O)CCCCC(=O)CO. The van der Waals surface area contributed by atoms with E-state index in [0.29, 0.717) is 25.7 Å². The minimum Gasteiger partial charge on any atom is -0.469 e. The lowest BCUT2D eigenvalue weighted by Crippen LogP contribution is -2.04. The number of ketones is 1. The van der Waals surface area contributed by atoms with Gasteiger partial charge < -0.3 is 9.84 Å². The van der Waals surface area contributed by atoms with Crippen LogP contribution in [0.4, 0.5) is 0 Å². The van der Waals surface area contributed by atoms with Crippen molar-refractivity contribution in [2.24, 2.45) is 0 Å². The average Bonchev–Trinajstić information content (AvgIpc) is 2.11. The zero-order valence-electron chi connectivity index (χ0n) is 7.21. The average molecular weight is 174 g/mol. The third-order valence-corrected chi connectivity index (χ3v) is 1.49. The molecule has 0 amide bonds. The number of unbranched alkanes of at least 4 members (excludes halogenated alkanes) is 1. The smallest absolute Gasteiger partial charge is 0.305 e. The molecular weight excluding hydrogens is 160 g/mol. The molecule has 0 aliphatic carbocycles. The number of carbonyl (C=O) groups is 2. The molecule has 4 heteroatoms. The Morgan fingerprint density at radius 1 is 1.25 bits per heavy atom. The minimum absolute atomic E-state index is 0.181. The van der Waals surface area contributed by atoms with Crippen LogP contribution in [0.15, 0.2) is 0 Å². The van der Waals surface area contributed by atoms with E-state index in [9.17, 15) is 9.59 Å². The first-order chi connectivity index (χ1) is 5.70. The standard InChI is InChI=1S/C8H14O4/c1-12-8(11)5-3-2-4-7(10)6-9/h9H,2-6H2,1H3. The summed E-state index contributed by atoms with van der Waals surface area (Å²) < 4.78 is 4.41. The van der Waals surface area contributed by atoms with Crippen molar-refractivity contribution in [1.29, 1.82) is 0 Å². The van der Waals surface area contributed by atoms with E-state index >= 15 is 0 Å². The number of esters is 1. The number of rotatable bonds is 6. The number of methoxy groups -OCH3 is 1. The fraction of sp³-hybridized carbons (Fsp3) is 0.750. The lowest BCUT2D eigenvalue weighted by atomic mass is 10.1. The topological polar surface area (TPSA) is 63.6 Å². The van der Waals surface area contributed by atoms with Crippen LogP contribution < -0.4 is 0 Å². The summed E-state index contributed by atoms with van der Waals surface area (Å²) in [5.41, 5.74) is 0. The summed E-state index contributed by atoms with van der Waals surface area (Å²) >= 11 is 0. The summed E-state index contributed by atoms with van der Waals surface area (Å²) in [6.07, 6.45) is 1.95. The molecule has 0 heterocycles. The largest absolute Gasteiger partial charge is 0.469 e. The first-order valence-corrected chi connectivity index (χ1v) is 3.90. The Morgan fingerprint density at radius 2 is 1.83 bits per heavy atom. The molecule has 0 aliphatic rings. The van der Waals surface area contributed by atoms with Crippen LogP contribution in [0.5, 0.6) is 0 Å². The normalized spacial score (nSPS) is 9.50. The molecule has 12 heavy (non-hydrogen) atoms. The van der Waals surface area contributed by atoms with Gasteiger partial charge in [0.1, 0.15) is 6.61 Å². The molecule has 0 bridgehead atoms. The van der Waals surface area contributed by atoms with Gasteiger partial charge in [-0.3, -0.25) is 9.59 Å². The zero-order chi connectivity index (χ0) is 9.40. The summed E-state index contributed by atoms with van der Waals surface area (Å²) in [5.74, 6) is -0.439. The van der Waals surface area contributed by atoms with Crippen molar-refractivity contribution in [3.8, 4) is 0 Å². The molecule has 0 saturated carbocycles. The maximum absolute atomic E-state index is 10.6. The molecule has 70 valence electrons. The molecule has 0 aromatic heterocycles. The first-order valence-electron chi connectivity index (χ1n) is 3.90.